The predicted molar refractivity (Wildman–Crippen MR) is 114 cm³/mol. The number of aliphatic carboxylic acids is 1. The number of hydrogen-bond donors (Lipinski definition) is 1. The molecule has 170 valence electrons. The zero-order chi connectivity index (χ0) is 24.2. The van der Waals surface area contributed by atoms with Gasteiger partial charge in [0.1, 0.15) is 17.4 Å². The molecule has 1 atom stereocenters. The molecule has 0 aliphatic rings. The Morgan fingerprint density at radius 1 is 1.09 bits per heavy atom. The van der Waals surface area contributed by atoms with Crippen molar-refractivity contribution in [3.8, 4) is 11.8 Å². The fourth-order valence-corrected chi connectivity index (χ4v) is 4.24. The third kappa shape index (κ3) is 5.71. The highest BCUT2D eigenvalue weighted by Gasteiger charge is 2.24. The fraction of sp³-hybridized carbons (Fsp3) is 0.130. The highest BCUT2D eigenvalue weighted by Crippen LogP contribution is 2.25. The van der Waals surface area contributed by atoms with Crippen LogP contribution >= 0.6 is 0 Å². The van der Waals surface area contributed by atoms with Crippen LogP contribution in [0.15, 0.2) is 71.6 Å². The quantitative estimate of drug-likeness (QED) is 0.533. The maximum absolute atomic E-state index is 13.7. The zero-order valence-electron chi connectivity index (χ0n) is 17.3. The molecule has 0 aliphatic heterocycles. The van der Waals surface area contributed by atoms with E-state index >= 15 is 0 Å². The third-order valence-electron chi connectivity index (χ3n) is 4.66. The molecule has 3 aromatic carbocycles. The molecule has 0 heterocycles. The summed E-state index contributed by atoms with van der Waals surface area (Å²) in [7, 11) is -2.58. The van der Waals surface area contributed by atoms with Crippen LogP contribution in [0.25, 0.3) is 0 Å². The number of carboxylic acid groups (broad SMARTS) is 1. The number of ether oxygens (including phenoxy) is 1. The Balaban J connectivity index is 1.76. The second-order valence-electron chi connectivity index (χ2n) is 7.08. The molecule has 3 rings (SSSR count). The first kappa shape index (κ1) is 23.8. The Kier molecular flexibility index (Phi) is 7.06. The van der Waals surface area contributed by atoms with E-state index in [4.69, 9.17) is 10.00 Å². The van der Waals surface area contributed by atoms with Crippen molar-refractivity contribution in [2.24, 2.45) is 0 Å². The minimum Gasteiger partial charge on any atom is -0.478 e. The van der Waals surface area contributed by atoms with Crippen LogP contribution in [0.1, 0.15) is 22.8 Å². The predicted octanol–water partition coefficient (Wildman–Crippen LogP) is 3.86. The van der Waals surface area contributed by atoms with E-state index in [1.807, 2.05) is 0 Å². The number of halogens is 2. The van der Waals surface area contributed by atoms with Crippen LogP contribution in [0.5, 0.6) is 5.75 Å². The van der Waals surface area contributed by atoms with Crippen LogP contribution in [0.4, 0.5) is 8.78 Å². The summed E-state index contributed by atoms with van der Waals surface area (Å²) in [5, 5.41) is 18.5. The lowest BCUT2D eigenvalue weighted by atomic mass is 10.1. The van der Waals surface area contributed by atoms with Gasteiger partial charge in [-0.25, -0.2) is 22.0 Å². The fourth-order valence-electron chi connectivity index (χ4n) is 3.05. The number of rotatable bonds is 8. The monoisotopic (exact) mass is 472 g/mol. The van der Waals surface area contributed by atoms with Gasteiger partial charge in [-0.2, -0.15) is 9.57 Å². The van der Waals surface area contributed by atoms with Crippen molar-refractivity contribution < 1.29 is 31.8 Å². The van der Waals surface area contributed by atoms with Crippen molar-refractivity contribution >= 4 is 16.0 Å². The summed E-state index contributed by atoms with van der Waals surface area (Å²) in [6.07, 6.45) is -1.56. The van der Waals surface area contributed by atoms with E-state index in [1.54, 1.807) is 6.07 Å². The number of nitrogens with zero attached hydrogens (tertiary/aromatic N) is 2. The number of hydrogen-bond acceptors (Lipinski definition) is 5. The van der Waals surface area contributed by atoms with Crippen LogP contribution in [-0.4, -0.2) is 30.8 Å². The van der Waals surface area contributed by atoms with E-state index in [0.29, 0.717) is 5.56 Å². The molecule has 1 N–H and O–H groups in total. The van der Waals surface area contributed by atoms with Crippen molar-refractivity contribution in [1.29, 1.82) is 5.26 Å². The van der Waals surface area contributed by atoms with Crippen LogP contribution in [0.3, 0.4) is 0 Å². The average Bonchev–Trinajstić information content (AvgIpc) is 2.77. The van der Waals surface area contributed by atoms with E-state index in [1.165, 1.54) is 49.5 Å². The van der Waals surface area contributed by atoms with Crippen molar-refractivity contribution in [3.63, 3.8) is 0 Å². The van der Waals surface area contributed by atoms with Gasteiger partial charge in [0.15, 0.2) is 0 Å². The minimum absolute atomic E-state index is 0.0308. The van der Waals surface area contributed by atoms with Gasteiger partial charge in [-0.3, -0.25) is 0 Å². The molecular weight excluding hydrogens is 454 g/mol. The van der Waals surface area contributed by atoms with Crippen LogP contribution < -0.4 is 4.74 Å². The highest BCUT2D eigenvalue weighted by molar-refractivity contribution is 7.89. The lowest BCUT2D eigenvalue weighted by Crippen LogP contribution is -2.26. The molecule has 0 saturated carbocycles. The van der Waals surface area contributed by atoms with Gasteiger partial charge in [-0.1, -0.05) is 18.2 Å². The maximum atomic E-state index is 13.7. The molecule has 7 nitrogen and oxygen atoms in total. The van der Waals surface area contributed by atoms with E-state index in [9.17, 15) is 27.1 Å². The molecule has 33 heavy (non-hydrogen) atoms. The van der Waals surface area contributed by atoms with E-state index in [0.717, 1.165) is 28.6 Å². The molecule has 0 fully saturated rings. The lowest BCUT2D eigenvalue weighted by molar-refractivity contribution is -0.145. The normalized spacial score (nSPS) is 12.2. The molecule has 10 heteroatoms. The number of carboxylic acids is 1. The number of nitriles is 1. The number of benzene rings is 3. The van der Waals surface area contributed by atoms with Crippen molar-refractivity contribution in [3.05, 3.63) is 95.1 Å². The summed E-state index contributed by atoms with van der Waals surface area (Å²) >= 11 is 0. The molecule has 1 unspecified atom stereocenters. The van der Waals surface area contributed by atoms with Gasteiger partial charge in [0.2, 0.25) is 16.1 Å². The molecule has 0 aliphatic carbocycles. The van der Waals surface area contributed by atoms with E-state index < -0.39 is 33.7 Å². The van der Waals surface area contributed by atoms with Gasteiger partial charge in [-0.05, 0) is 54.1 Å². The second-order valence-corrected chi connectivity index (χ2v) is 9.13. The summed E-state index contributed by atoms with van der Waals surface area (Å²) in [6.45, 7) is -0.0308. The topological polar surface area (TPSA) is 108 Å². The summed E-state index contributed by atoms with van der Waals surface area (Å²) in [5.74, 6) is -2.67. The Morgan fingerprint density at radius 3 is 2.39 bits per heavy atom. The van der Waals surface area contributed by atoms with Crippen molar-refractivity contribution in [2.75, 3.05) is 7.05 Å². The Hall–Kier alpha value is -3.81. The summed E-state index contributed by atoms with van der Waals surface area (Å²) in [5.41, 5.74) is 0.482. The Morgan fingerprint density at radius 2 is 1.79 bits per heavy atom. The summed E-state index contributed by atoms with van der Waals surface area (Å²) < 4.78 is 58.9. The smallest absolute Gasteiger partial charge is 0.349 e. The molecule has 0 bridgehead atoms. The van der Waals surface area contributed by atoms with Gasteiger partial charge in [0.05, 0.1) is 16.5 Å². The van der Waals surface area contributed by atoms with Gasteiger partial charge in [0.25, 0.3) is 0 Å². The van der Waals surface area contributed by atoms with E-state index in [2.05, 4.69) is 0 Å². The molecule has 3 aromatic rings. The summed E-state index contributed by atoms with van der Waals surface area (Å²) in [4.78, 5) is 11.5. The zero-order valence-corrected chi connectivity index (χ0v) is 18.1. The number of sulfonamides is 1. The lowest BCUT2D eigenvalue weighted by Gasteiger charge is -2.18. The van der Waals surface area contributed by atoms with Crippen molar-refractivity contribution in [1.82, 2.24) is 4.31 Å². The molecule has 0 amide bonds. The molecular formula is C23H18F2N2O5S. The van der Waals surface area contributed by atoms with Gasteiger partial charge >= 0.3 is 5.97 Å². The molecule has 0 aromatic heterocycles. The Labute approximate surface area is 189 Å². The van der Waals surface area contributed by atoms with Gasteiger partial charge in [0, 0.05) is 19.2 Å². The maximum Gasteiger partial charge on any atom is 0.349 e. The highest BCUT2D eigenvalue weighted by atomic mass is 32.2. The second kappa shape index (κ2) is 9.77. The first-order chi connectivity index (χ1) is 15.6. The van der Waals surface area contributed by atoms with E-state index in [-0.39, 0.29) is 28.3 Å². The first-order valence-corrected chi connectivity index (χ1v) is 10.9. The molecule has 0 saturated heterocycles. The average molecular weight is 472 g/mol. The summed E-state index contributed by atoms with van der Waals surface area (Å²) in [6, 6.07) is 15.6. The van der Waals surface area contributed by atoms with Crippen molar-refractivity contribution in [2.45, 2.75) is 17.5 Å². The minimum atomic E-state index is -3.92. The largest absolute Gasteiger partial charge is 0.478 e. The SMILES string of the molecule is CN(Cc1ccc(OC(C(=O)O)c2cc(F)cc(C#N)c2)cc1)S(=O)(=O)c1cccc(F)c1. The van der Waals surface area contributed by atoms with Crippen LogP contribution in [-0.2, 0) is 21.4 Å². The third-order valence-corrected chi connectivity index (χ3v) is 6.46. The number of carbonyl (C=O) groups is 1. The first-order valence-electron chi connectivity index (χ1n) is 9.51. The Bertz CT molecular complexity index is 1320. The van der Waals surface area contributed by atoms with Crippen LogP contribution in [0, 0.1) is 23.0 Å². The van der Waals surface area contributed by atoms with Gasteiger partial charge in [-0.15, -0.1) is 0 Å². The van der Waals surface area contributed by atoms with Gasteiger partial charge < -0.3 is 9.84 Å². The van der Waals surface area contributed by atoms with Crippen LogP contribution in [0.2, 0.25) is 0 Å². The standard InChI is InChI=1S/C23H18F2N2O5S/c1-27(33(30,31)21-4-2-3-18(24)12-21)14-15-5-7-20(8-6-15)32-22(23(28)29)17-9-16(13-26)10-19(25)11-17/h2-12,22H,14H2,1H3,(H,28,29). The molecule has 0 radical (unpaired) electrons. The molecule has 0 spiro atoms.